The van der Waals surface area contributed by atoms with Crippen LogP contribution >= 0.6 is 22.9 Å². The summed E-state index contributed by atoms with van der Waals surface area (Å²) in [5, 5.41) is 12.4. The number of carbonyl (C=O) groups is 2. The number of amides is 2. The van der Waals surface area contributed by atoms with E-state index in [-0.39, 0.29) is 12.5 Å². The first-order chi connectivity index (χ1) is 14.0. The van der Waals surface area contributed by atoms with Crippen LogP contribution in [0.4, 0.5) is 16.2 Å². The van der Waals surface area contributed by atoms with E-state index < -0.39 is 12.2 Å². The fourth-order valence-corrected chi connectivity index (χ4v) is 4.13. The molecule has 0 spiro atoms. The smallest absolute Gasteiger partial charge is 0.414 e. The van der Waals surface area contributed by atoms with Crippen LogP contribution in [0.15, 0.2) is 41.5 Å². The lowest BCUT2D eigenvalue weighted by molar-refractivity contribution is 0.0920. The van der Waals surface area contributed by atoms with Gasteiger partial charge in [-0.3, -0.25) is 14.7 Å². The van der Waals surface area contributed by atoms with Crippen molar-refractivity contribution in [2.45, 2.75) is 13.0 Å². The van der Waals surface area contributed by atoms with Crippen LogP contribution in [0.3, 0.4) is 0 Å². The topological polar surface area (TPSA) is 86.3 Å². The van der Waals surface area contributed by atoms with Gasteiger partial charge in [0.15, 0.2) is 0 Å². The predicted molar refractivity (Wildman–Crippen MR) is 114 cm³/mol. The number of hydrogen-bond acceptors (Lipinski definition) is 7. The zero-order valence-corrected chi connectivity index (χ0v) is 17.3. The Hall–Kier alpha value is -2.78. The summed E-state index contributed by atoms with van der Waals surface area (Å²) in [6.45, 7) is 4.14. The molecular weight excluding hydrogens is 414 g/mol. The van der Waals surface area contributed by atoms with Crippen molar-refractivity contribution in [3.8, 4) is 0 Å². The van der Waals surface area contributed by atoms with Gasteiger partial charge in [-0.15, -0.1) is 11.3 Å². The summed E-state index contributed by atoms with van der Waals surface area (Å²) in [4.78, 5) is 26.5. The number of amidine groups is 1. The Morgan fingerprint density at radius 2 is 2.07 bits per heavy atom. The molecule has 0 saturated carbocycles. The number of cyclic esters (lactones) is 1. The third-order valence-corrected chi connectivity index (χ3v) is 5.83. The summed E-state index contributed by atoms with van der Waals surface area (Å²) in [5.74, 6) is 0.644. The lowest BCUT2D eigenvalue weighted by Crippen LogP contribution is -2.38. The largest absolute Gasteiger partial charge is 0.442 e. The van der Waals surface area contributed by atoms with Crippen LogP contribution in [0.1, 0.15) is 16.6 Å². The zero-order chi connectivity index (χ0) is 20.4. The van der Waals surface area contributed by atoms with E-state index in [1.807, 2.05) is 36.2 Å². The molecule has 2 amide bonds. The molecule has 1 atom stereocenters. The summed E-state index contributed by atoms with van der Waals surface area (Å²) in [6, 6.07) is 11.0. The van der Waals surface area contributed by atoms with E-state index in [4.69, 9.17) is 16.3 Å². The number of ether oxygens (including phenoxy) is 1. The molecule has 2 aliphatic rings. The fraction of sp³-hybridized carbons (Fsp3) is 0.316. The maximum Gasteiger partial charge on any atom is 0.414 e. The Morgan fingerprint density at radius 3 is 2.76 bits per heavy atom. The van der Waals surface area contributed by atoms with Crippen molar-refractivity contribution in [3.05, 3.63) is 45.6 Å². The molecule has 2 aromatic rings. The van der Waals surface area contributed by atoms with Crippen molar-refractivity contribution < 1.29 is 14.3 Å². The van der Waals surface area contributed by atoms with Gasteiger partial charge in [0, 0.05) is 12.2 Å². The number of halogens is 1. The van der Waals surface area contributed by atoms with E-state index in [0.29, 0.717) is 15.8 Å². The molecule has 1 aromatic carbocycles. The van der Waals surface area contributed by atoms with Crippen LogP contribution in [0, 0.1) is 0 Å². The van der Waals surface area contributed by atoms with Crippen LogP contribution < -0.4 is 20.5 Å². The van der Waals surface area contributed by atoms with Gasteiger partial charge in [0.05, 0.1) is 34.5 Å². The second-order valence-corrected chi connectivity index (χ2v) is 8.40. The first-order valence-electron chi connectivity index (χ1n) is 9.18. The van der Waals surface area contributed by atoms with E-state index in [2.05, 4.69) is 15.7 Å². The van der Waals surface area contributed by atoms with Gasteiger partial charge in [-0.05, 0) is 43.3 Å². The first-order valence-corrected chi connectivity index (χ1v) is 10.4. The lowest BCUT2D eigenvalue weighted by atomic mass is 10.2. The van der Waals surface area contributed by atoms with Crippen molar-refractivity contribution >= 4 is 52.1 Å². The highest BCUT2D eigenvalue weighted by atomic mass is 35.5. The van der Waals surface area contributed by atoms with Gasteiger partial charge in [-0.2, -0.15) is 5.10 Å². The van der Waals surface area contributed by atoms with Crippen molar-refractivity contribution in [2.75, 3.05) is 36.1 Å². The highest BCUT2D eigenvalue weighted by Gasteiger charge is 2.32. The predicted octanol–water partition coefficient (Wildman–Crippen LogP) is 2.90. The molecule has 0 aliphatic carbocycles. The maximum absolute atomic E-state index is 12.3. The molecule has 3 heterocycles. The van der Waals surface area contributed by atoms with Crippen LogP contribution in [0.2, 0.25) is 4.34 Å². The zero-order valence-electron chi connectivity index (χ0n) is 15.7. The number of rotatable bonds is 5. The molecule has 29 heavy (non-hydrogen) atoms. The molecule has 0 radical (unpaired) electrons. The minimum Gasteiger partial charge on any atom is -0.442 e. The molecule has 1 fully saturated rings. The number of anilines is 2. The number of nitrogens with one attached hydrogen (secondary N) is 2. The molecule has 0 bridgehead atoms. The Balaban J connectivity index is 1.35. The number of hydrazone groups is 1. The van der Waals surface area contributed by atoms with E-state index >= 15 is 0 Å². The molecule has 4 rings (SSSR count). The van der Waals surface area contributed by atoms with Gasteiger partial charge < -0.3 is 15.4 Å². The molecule has 10 heteroatoms. The van der Waals surface area contributed by atoms with Crippen LogP contribution in [0.5, 0.6) is 0 Å². The van der Waals surface area contributed by atoms with Crippen LogP contribution in [-0.4, -0.2) is 50.1 Å². The van der Waals surface area contributed by atoms with E-state index in [0.717, 1.165) is 30.3 Å². The highest BCUT2D eigenvalue weighted by Crippen LogP contribution is 2.26. The van der Waals surface area contributed by atoms with Gasteiger partial charge in [0.1, 0.15) is 11.9 Å². The molecular formula is C19H20ClN5O3S. The van der Waals surface area contributed by atoms with Crippen molar-refractivity contribution in [1.82, 2.24) is 10.6 Å². The van der Waals surface area contributed by atoms with Gasteiger partial charge in [0.2, 0.25) is 0 Å². The summed E-state index contributed by atoms with van der Waals surface area (Å²) in [6.07, 6.45) is -0.839. The second kappa shape index (κ2) is 8.30. The molecule has 0 unspecified atom stereocenters. The van der Waals surface area contributed by atoms with Crippen LogP contribution in [0.25, 0.3) is 0 Å². The van der Waals surface area contributed by atoms with Crippen molar-refractivity contribution in [2.24, 2.45) is 5.10 Å². The standard InChI is InChI=1S/C19H20ClN5O3S/c1-12-21-8-9-25(23-12)14-4-2-13(3-5-14)24-11-15(28-19(24)27)10-22-18(26)16-6-7-17(20)29-16/h2-7,15H,8-11H2,1H3,(H,21,23)(H,22,26)/t15-/m0/s1. The van der Waals surface area contributed by atoms with Crippen molar-refractivity contribution in [3.63, 3.8) is 0 Å². The summed E-state index contributed by atoms with van der Waals surface area (Å²) in [7, 11) is 0. The number of hydrogen-bond donors (Lipinski definition) is 2. The number of thiophene rings is 1. The Kier molecular flexibility index (Phi) is 5.59. The maximum atomic E-state index is 12.3. The van der Waals surface area contributed by atoms with E-state index in [9.17, 15) is 9.59 Å². The SMILES string of the molecule is CC1=NN(c2ccc(N3C[C@H](CNC(=O)c4ccc(Cl)s4)OC3=O)cc2)CCN1. The normalized spacial score (nSPS) is 18.9. The quantitative estimate of drug-likeness (QED) is 0.757. The number of carbonyl (C=O) groups excluding carboxylic acids is 2. The van der Waals surface area contributed by atoms with Crippen LogP contribution in [-0.2, 0) is 4.74 Å². The minimum absolute atomic E-state index is 0.229. The number of benzene rings is 1. The highest BCUT2D eigenvalue weighted by molar-refractivity contribution is 7.18. The molecule has 8 nitrogen and oxygen atoms in total. The average Bonchev–Trinajstić information content (AvgIpc) is 3.32. The number of nitrogens with zero attached hydrogens (tertiary/aromatic N) is 3. The van der Waals surface area contributed by atoms with Gasteiger partial charge >= 0.3 is 6.09 Å². The summed E-state index contributed by atoms with van der Waals surface area (Å²) in [5.41, 5.74) is 1.70. The summed E-state index contributed by atoms with van der Waals surface area (Å²) >= 11 is 7.06. The average molecular weight is 434 g/mol. The van der Waals surface area contributed by atoms with Crippen molar-refractivity contribution in [1.29, 1.82) is 0 Å². The van der Waals surface area contributed by atoms with E-state index in [1.54, 1.807) is 17.0 Å². The Morgan fingerprint density at radius 1 is 1.31 bits per heavy atom. The fourth-order valence-electron chi connectivity index (χ4n) is 3.17. The molecule has 2 aliphatic heterocycles. The third-order valence-electron chi connectivity index (χ3n) is 4.60. The van der Waals surface area contributed by atoms with Gasteiger partial charge in [-0.1, -0.05) is 11.6 Å². The molecule has 2 N–H and O–H groups in total. The minimum atomic E-state index is -0.424. The van der Waals surface area contributed by atoms with E-state index in [1.165, 1.54) is 11.3 Å². The molecule has 152 valence electrons. The Bertz CT molecular complexity index is 946. The van der Waals surface area contributed by atoms with Gasteiger partial charge in [0.25, 0.3) is 5.91 Å². The van der Waals surface area contributed by atoms with Gasteiger partial charge in [-0.25, -0.2) is 4.79 Å². The first kappa shape index (κ1) is 19.5. The molecule has 1 aromatic heterocycles. The summed E-state index contributed by atoms with van der Waals surface area (Å²) < 4.78 is 5.94. The molecule has 1 saturated heterocycles. The second-order valence-electron chi connectivity index (χ2n) is 6.68. The Labute approximate surface area is 177 Å². The lowest BCUT2D eigenvalue weighted by Gasteiger charge is -2.25. The third kappa shape index (κ3) is 4.46. The monoisotopic (exact) mass is 433 g/mol.